The summed E-state index contributed by atoms with van der Waals surface area (Å²) in [4.78, 5) is 22.2. The van der Waals surface area contributed by atoms with Gasteiger partial charge in [-0.3, -0.25) is 9.78 Å². The van der Waals surface area contributed by atoms with Crippen molar-refractivity contribution in [3.8, 4) is 5.75 Å². The number of nitrogens with zero attached hydrogens (tertiary/aromatic N) is 4. The molecule has 2 aromatic heterocycles. The van der Waals surface area contributed by atoms with Gasteiger partial charge in [0.1, 0.15) is 11.3 Å². The molecule has 0 radical (unpaired) electrons. The summed E-state index contributed by atoms with van der Waals surface area (Å²) >= 11 is 6.15. The number of aryl methyl sites for hydroxylation is 1. The molecule has 1 amide bonds. The maximum Gasteiger partial charge on any atom is 0.260 e. The van der Waals surface area contributed by atoms with Crippen molar-refractivity contribution < 1.29 is 14.1 Å². The number of ether oxygens (including phenoxy) is 1. The van der Waals surface area contributed by atoms with Crippen LogP contribution in [0.4, 0.5) is 0 Å². The predicted molar refractivity (Wildman–Crippen MR) is 92.4 cm³/mol. The summed E-state index contributed by atoms with van der Waals surface area (Å²) in [7, 11) is 1.65. The molecule has 8 heteroatoms. The molecule has 130 valence electrons. The quantitative estimate of drug-likeness (QED) is 0.672. The highest BCUT2D eigenvalue weighted by atomic mass is 35.5. The summed E-state index contributed by atoms with van der Waals surface area (Å²) in [5, 5.41) is 5.17. The van der Waals surface area contributed by atoms with Gasteiger partial charge in [-0.2, -0.15) is 4.98 Å². The van der Waals surface area contributed by atoms with Crippen LogP contribution in [0.3, 0.4) is 0 Å². The third kappa shape index (κ3) is 3.88. The van der Waals surface area contributed by atoms with Gasteiger partial charge < -0.3 is 14.2 Å². The molecule has 0 saturated heterocycles. The van der Waals surface area contributed by atoms with Gasteiger partial charge >= 0.3 is 0 Å². The molecule has 2 heterocycles. The molecule has 25 heavy (non-hydrogen) atoms. The Bertz CT molecular complexity index is 896. The van der Waals surface area contributed by atoms with Gasteiger partial charge in [0.05, 0.1) is 11.6 Å². The SMILES string of the molecule is CCc1noc(CN(C)C(=O)COc2ccc(Cl)c3cccnc23)n1. The van der Waals surface area contributed by atoms with E-state index in [0.29, 0.717) is 34.4 Å². The first kappa shape index (κ1) is 17.2. The Hall–Kier alpha value is -2.67. The number of benzene rings is 1. The minimum atomic E-state index is -0.213. The molecule has 0 fully saturated rings. The van der Waals surface area contributed by atoms with Crippen molar-refractivity contribution in [2.75, 3.05) is 13.7 Å². The van der Waals surface area contributed by atoms with Crippen molar-refractivity contribution in [1.82, 2.24) is 20.0 Å². The molecule has 0 atom stereocenters. The van der Waals surface area contributed by atoms with Crippen molar-refractivity contribution in [3.05, 3.63) is 47.2 Å². The number of carbonyl (C=O) groups is 1. The zero-order chi connectivity index (χ0) is 17.8. The molecule has 7 nitrogen and oxygen atoms in total. The highest BCUT2D eigenvalue weighted by Crippen LogP contribution is 2.29. The number of aromatic nitrogens is 3. The van der Waals surface area contributed by atoms with Crippen LogP contribution in [0.1, 0.15) is 18.6 Å². The lowest BCUT2D eigenvalue weighted by molar-refractivity contribution is -0.132. The van der Waals surface area contributed by atoms with E-state index in [1.165, 1.54) is 4.90 Å². The third-order valence-corrected chi connectivity index (χ3v) is 3.98. The van der Waals surface area contributed by atoms with Crippen LogP contribution in [0.15, 0.2) is 35.0 Å². The third-order valence-electron chi connectivity index (χ3n) is 3.66. The topological polar surface area (TPSA) is 81.4 Å². The minimum absolute atomic E-state index is 0.126. The molecule has 0 aliphatic carbocycles. The Morgan fingerprint density at radius 2 is 2.20 bits per heavy atom. The van der Waals surface area contributed by atoms with E-state index in [0.717, 1.165) is 5.39 Å². The Labute approximate surface area is 149 Å². The molecule has 0 N–H and O–H groups in total. The van der Waals surface area contributed by atoms with Crippen LogP contribution in [-0.4, -0.2) is 39.6 Å². The van der Waals surface area contributed by atoms with Gasteiger partial charge in [0.2, 0.25) is 5.89 Å². The fourth-order valence-corrected chi connectivity index (χ4v) is 2.48. The Morgan fingerprint density at radius 3 is 2.96 bits per heavy atom. The first-order valence-electron chi connectivity index (χ1n) is 7.80. The number of fused-ring (bicyclic) bond motifs is 1. The Morgan fingerprint density at radius 1 is 1.36 bits per heavy atom. The van der Waals surface area contributed by atoms with Crippen molar-refractivity contribution in [3.63, 3.8) is 0 Å². The lowest BCUT2D eigenvalue weighted by Gasteiger charge is -2.15. The van der Waals surface area contributed by atoms with Crippen molar-refractivity contribution in [2.45, 2.75) is 19.9 Å². The van der Waals surface area contributed by atoms with Gasteiger partial charge in [-0.25, -0.2) is 0 Å². The molecule has 0 aliphatic rings. The molecule has 0 aliphatic heterocycles. The average molecular weight is 361 g/mol. The number of amides is 1. The molecular weight excluding hydrogens is 344 g/mol. The van der Waals surface area contributed by atoms with Gasteiger partial charge in [0.15, 0.2) is 12.4 Å². The van der Waals surface area contributed by atoms with Crippen molar-refractivity contribution in [1.29, 1.82) is 0 Å². The standard InChI is InChI=1S/C17H17ClN4O3/c1-3-14-20-15(25-21-14)9-22(2)16(23)10-24-13-7-6-12(18)11-5-4-8-19-17(11)13/h4-8H,3,9-10H2,1-2H3. The molecule has 0 unspecified atom stereocenters. The second-order valence-corrected chi connectivity index (χ2v) is 5.85. The van der Waals surface area contributed by atoms with Gasteiger partial charge in [0.25, 0.3) is 5.91 Å². The van der Waals surface area contributed by atoms with Crippen LogP contribution in [-0.2, 0) is 17.8 Å². The number of likely N-dealkylation sites (N-methyl/N-ethyl adjacent to an activating group) is 1. The van der Waals surface area contributed by atoms with Gasteiger partial charge in [-0.15, -0.1) is 0 Å². The highest BCUT2D eigenvalue weighted by molar-refractivity contribution is 6.35. The summed E-state index contributed by atoms with van der Waals surface area (Å²) < 4.78 is 10.7. The Balaban J connectivity index is 1.65. The van der Waals surface area contributed by atoms with Crippen LogP contribution in [0.25, 0.3) is 10.9 Å². The van der Waals surface area contributed by atoms with Crippen LogP contribution in [0.5, 0.6) is 5.75 Å². The number of halogens is 1. The van der Waals surface area contributed by atoms with E-state index in [4.69, 9.17) is 20.9 Å². The minimum Gasteiger partial charge on any atom is -0.481 e. The van der Waals surface area contributed by atoms with Crippen molar-refractivity contribution >= 4 is 28.4 Å². The number of hydrogen-bond acceptors (Lipinski definition) is 6. The zero-order valence-electron chi connectivity index (χ0n) is 13.9. The van der Waals surface area contributed by atoms with Crippen LogP contribution >= 0.6 is 11.6 Å². The maximum atomic E-state index is 12.3. The number of carbonyl (C=O) groups excluding carboxylic acids is 1. The van der Waals surface area contributed by atoms with E-state index < -0.39 is 0 Å². The van der Waals surface area contributed by atoms with Crippen molar-refractivity contribution in [2.24, 2.45) is 0 Å². The normalized spacial score (nSPS) is 10.8. The van der Waals surface area contributed by atoms with Gasteiger partial charge in [-0.1, -0.05) is 23.7 Å². The van der Waals surface area contributed by atoms with E-state index in [1.807, 2.05) is 13.0 Å². The number of hydrogen-bond donors (Lipinski definition) is 0. The van der Waals surface area contributed by atoms with E-state index in [9.17, 15) is 4.79 Å². The fraction of sp³-hybridized carbons (Fsp3) is 0.294. The first-order chi connectivity index (χ1) is 12.1. The largest absolute Gasteiger partial charge is 0.481 e. The smallest absolute Gasteiger partial charge is 0.260 e. The number of pyridine rings is 1. The van der Waals surface area contributed by atoms with E-state index in [-0.39, 0.29) is 19.1 Å². The molecule has 0 bridgehead atoms. The van der Waals surface area contributed by atoms with Gasteiger partial charge in [0, 0.05) is 25.1 Å². The zero-order valence-corrected chi connectivity index (χ0v) is 14.7. The second-order valence-electron chi connectivity index (χ2n) is 5.44. The predicted octanol–water partition coefficient (Wildman–Crippen LogP) is 2.87. The molecular formula is C17H17ClN4O3. The van der Waals surface area contributed by atoms with E-state index in [2.05, 4.69) is 15.1 Å². The second kappa shape index (κ2) is 7.48. The summed E-state index contributed by atoms with van der Waals surface area (Å²) in [5.41, 5.74) is 0.620. The van der Waals surface area contributed by atoms with Crippen LogP contribution in [0.2, 0.25) is 5.02 Å². The monoisotopic (exact) mass is 360 g/mol. The van der Waals surface area contributed by atoms with E-state index in [1.54, 1.807) is 31.4 Å². The van der Waals surface area contributed by atoms with E-state index >= 15 is 0 Å². The highest BCUT2D eigenvalue weighted by Gasteiger charge is 2.15. The lowest BCUT2D eigenvalue weighted by Crippen LogP contribution is -2.31. The lowest BCUT2D eigenvalue weighted by atomic mass is 10.2. The number of rotatable bonds is 6. The van der Waals surface area contributed by atoms with Crippen LogP contribution in [0, 0.1) is 0 Å². The van der Waals surface area contributed by atoms with Gasteiger partial charge in [-0.05, 0) is 24.3 Å². The molecule has 3 aromatic rings. The summed E-state index contributed by atoms with van der Waals surface area (Å²) in [6, 6.07) is 7.08. The summed E-state index contributed by atoms with van der Waals surface area (Å²) in [6.45, 7) is 2.04. The molecule has 0 saturated carbocycles. The molecule has 0 spiro atoms. The summed E-state index contributed by atoms with van der Waals surface area (Å²) in [5.74, 6) is 1.31. The van der Waals surface area contributed by atoms with Crippen LogP contribution < -0.4 is 4.74 Å². The fourth-order valence-electron chi connectivity index (χ4n) is 2.27. The summed E-state index contributed by atoms with van der Waals surface area (Å²) in [6.07, 6.45) is 2.33. The molecule has 1 aromatic carbocycles. The first-order valence-corrected chi connectivity index (χ1v) is 8.17. The molecule has 3 rings (SSSR count). The maximum absolute atomic E-state index is 12.3. The average Bonchev–Trinajstić information content (AvgIpc) is 3.08. The Kier molecular flexibility index (Phi) is 5.14.